The second-order valence-electron chi connectivity index (χ2n) is 9.46. The third-order valence-electron chi connectivity index (χ3n) is 6.58. The summed E-state index contributed by atoms with van der Waals surface area (Å²) in [5.74, 6) is 0.568. The highest BCUT2D eigenvalue weighted by atomic mass is 31.0. The number of hydrogen-bond donors (Lipinski definition) is 1. The average molecular weight is 526 g/mol. The zero-order chi connectivity index (χ0) is 26.2. The summed E-state index contributed by atoms with van der Waals surface area (Å²) in [7, 11) is 2.14. The van der Waals surface area contributed by atoms with Crippen LogP contribution in [0, 0.1) is 6.92 Å². The van der Waals surface area contributed by atoms with E-state index in [0.29, 0.717) is 52.8 Å². The van der Waals surface area contributed by atoms with Crippen molar-refractivity contribution in [3.8, 4) is 11.5 Å². The molecule has 11 heteroatoms. The van der Waals surface area contributed by atoms with Crippen LogP contribution >= 0.6 is 9.24 Å². The van der Waals surface area contributed by atoms with Crippen LogP contribution in [0.1, 0.15) is 41.4 Å². The second kappa shape index (κ2) is 10.1. The Morgan fingerprint density at radius 1 is 1.27 bits per heavy atom. The number of aryl methyl sites for hydroxylation is 1. The molecule has 2 amide bonds. The SMILES string of the molecule is C=CC(=O)N1CCCC[C@@H](n2c(NC(=O)c3ccnc(C)c3)nc3ccc4c(c32)OCC(F)(P)CO4)C1. The molecule has 3 aromatic rings. The van der Waals surface area contributed by atoms with E-state index in [9.17, 15) is 14.0 Å². The summed E-state index contributed by atoms with van der Waals surface area (Å²) in [4.78, 5) is 36.4. The Morgan fingerprint density at radius 3 is 2.86 bits per heavy atom. The summed E-state index contributed by atoms with van der Waals surface area (Å²) in [5, 5.41) is 1.20. The topological polar surface area (TPSA) is 98.6 Å². The number of fused-ring (bicyclic) bond motifs is 3. The summed E-state index contributed by atoms with van der Waals surface area (Å²) >= 11 is 0. The number of rotatable bonds is 4. The second-order valence-corrected chi connectivity index (χ2v) is 10.5. The maximum atomic E-state index is 14.8. The number of ether oxygens (including phenoxy) is 2. The third-order valence-corrected chi connectivity index (χ3v) is 6.91. The standard InChI is InChI=1S/C26H29FN5O4P/c1-3-21(33)31-11-5-4-6-18(13-31)32-22-19(7-8-20-23(22)36-15-26(27,37)14-35-20)29-25(32)30-24(34)17-9-10-28-16(2)12-17/h3,7-10,12,18H,1,4-6,11,13-15,37H2,2H3,(H,29,30,34)/t18-,26?/m1/s1. The van der Waals surface area contributed by atoms with Gasteiger partial charge in [0.05, 0.1) is 11.6 Å². The Kier molecular flexibility index (Phi) is 6.86. The van der Waals surface area contributed by atoms with Gasteiger partial charge < -0.3 is 18.9 Å². The summed E-state index contributed by atoms with van der Waals surface area (Å²) in [6, 6.07) is 6.56. The molecule has 1 saturated heterocycles. The minimum Gasteiger partial charge on any atom is -0.486 e. The van der Waals surface area contributed by atoms with Gasteiger partial charge in [-0.25, -0.2) is 9.37 Å². The molecule has 0 saturated carbocycles. The highest BCUT2D eigenvalue weighted by Gasteiger charge is 2.34. The van der Waals surface area contributed by atoms with Gasteiger partial charge in [0, 0.05) is 30.5 Å². The molecule has 5 rings (SSSR count). The van der Waals surface area contributed by atoms with E-state index in [0.717, 1.165) is 19.3 Å². The lowest BCUT2D eigenvalue weighted by Gasteiger charge is -2.26. The number of nitrogens with zero attached hydrogens (tertiary/aromatic N) is 4. The van der Waals surface area contributed by atoms with Crippen LogP contribution < -0.4 is 14.8 Å². The first-order valence-electron chi connectivity index (χ1n) is 12.2. The lowest BCUT2D eigenvalue weighted by Crippen LogP contribution is -2.34. The van der Waals surface area contributed by atoms with Crippen LogP contribution in [-0.4, -0.2) is 63.0 Å². The zero-order valence-corrected chi connectivity index (χ0v) is 21.7. The van der Waals surface area contributed by atoms with Crippen LogP contribution in [0.4, 0.5) is 10.3 Å². The summed E-state index contributed by atoms with van der Waals surface area (Å²) in [5.41, 5.74) is 2.30. The summed E-state index contributed by atoms with van der Waals surface area (Å²) < 4.78 is 28.4. The number of carbonyl (C=O) groups is 2. The van der Waals surface area contributed by atoms with Crippen LogP contribution in [-0.2, 0) is 4.79 Å². The lowest BCUT2D eigenvalue weighted by molar-refractivity contribution is -0.126. The number of likely N-dealkylation sites (tertiary alicyclic amines) is 1. The normalized spacial score (nSPS) is 21.7. The van der Waals surface area contributed by atoms with Gasteiger partial charge in [-0.1, -0.05) is 15.8 Å². The fourth-order valence-corrected chi connectivity index (χ4v) is 4.95. The highest BCUT2D eigenvalue weighted by molar-refractivity contribution is 7.18. The number of pyridine rings is 1. The van der Waals surface area contributed by atoms with Crippen LogP contribution in [0.25, 0.3) is 11.0 Å². The van der Waals surface area contributed by atoms with Crippen LogP contribution in [0.2, 0.25) is 0 Å². The Labute approximate surface area is 216 Å². The molecule has 1 aromatic carbocycles. The molecule has 194 valence electrons. The summed E-state index contributed by atoms with van der Waals surface area (Å²) in [6.07, 6.45) is 5.34. The first-order valence-corrected chi connectivity index (χ1v) is 12.8. The molecule has 1 fully saturated rings. The fourth-order valence-electron chi connectivity index (χ4n) is 4.79. The number of nitrogens with one attached hydrogen (secondary N) is 1. The minimum absolute atomic E-state index is 0.155. The molecule has 37 heavy (non-hydrogen) atoms. The van der Waals surface area contributed by atoms with E-state index >= 15 is 0 Å². The van der Waals surface area contributed by atoms with Crippen molar-refractivity contribution in [2.45, 2.75) is 37.6 Å². The van der Waals surface area contributed by atoms with Gasteiger partial charge in [0.1, 0.15) is 18.7 Å². The molecule has 2 aliphatic rings. The van der Waals surface area contributed by atoms with Gasteiger partial charge >= 0.3 is 0 Å². The largest absolute Gasteiger partial charge is 0.486 e. The third kappa shape index (κ3) is 5.16. The van der Waals surface area contributed by atoms with Crippen molar-refractivity contribution in [3.63, 3.8) is 0 Å². The van der Waals surface area contributed by atoms with Gasteiger partial charge in [-0.15, -0.1) is 0 Å². The van der Waals surface area contributed by atoms with Crippen LogP contribution in [0.5, 0.6) is 11.5 Å². The van der Waals surface area contributed by atoms with Gasteiger partial charge in [0.2, 0.25) is 11.9 Å². The van der Waals surface area contributed by atoms with Gasteiger partial charge in [-0.2, -0.15) is 0 Å². The Bertz CT molecular complexity index is 1370. The van der Waals surface area contributed by atoms with E-state index in [1.165, 1.54) is 6.08 Å². The molecule has 0 bridgehead atoms. The van der Waals surface area contributed by atoms with E-state index in [4.69, 9.17) is 14.5 Å². The predicted octanol–water partition coefficient (Wildman–Crippen LogP) is 4.04. The lowest BCUT2D eigenvalue weighted by atomic mass is 10.1. The van der Waals surface area contributed by atoms with Crippen molar-refractivity contribution in [1.82, 2.24) is 19.4 Å². The number of aromatic nitrogens is 3. The molecule has 0 spiro atoms. The molecule has 0 radical (unpaired) electrons. The number of halogens is 1. The highest BCUT2D eigenvalue weighted by Crippen LogP contribution is 2.43. The molecule has 2 aromatic heterocycles. The fraction of sp³-hybridized carbons (Fsp3) is 0.385. The maximum Gasteiger partial charge on any atom is 0.258 e. The molecule has 3 atom stereocenters. The van der Waals surface area contributed by atoms with Gasteiger partial charge in [-0.3, -0.25) is 19.9 Å². The van der Waals surface area contributed by atoms with E-state index < -0.39 is 5.41 Å². The first-order chi connectivity index (χ1) is 17.8. The van der Waals surface area contributed by atoms with E-state index in [2.05, 4.69) is 26.1 Å². The Hall–Kier alpha value is -3.52. The Morgan fingerprint density at radius 2 is 2.08 bits per heavy atom. The zero-order valence-electron chi connectivity index (χ0n) is 20.6. The predicted molar refractivity (Wildman–Crippen MR) is 141 cm³/mol. The number of imidazole rings is 1. The molecular weight excluding hydrogens is 496 g/mol. The molecular formula is C26H29FN5O4P. The molecule has 9 nitrogen and oxygen atoms in total. The van der Waals surface area contributed by atoms with Gasteiger partial charge in [-0.05, 0) is 56.5 Å². The molecule has 2 aliphatic heterocycles. The Balaban J connectivity index is 1.63. The van der Waals surface area contributed by atoms with Crippen LogP contribution in [0.3, 0.4) is 0 Å². The van der Waals surface area contributed by atoms with Crippen molar-refractivity contribution in [1.29, 1.82) is 0 Å². The van der Waals surface area contributed by atoms with E-state index in [1.807, 2.05) is 11.5 Å². The first kappa shape index (κ1) is 25.1. The van der Waals surface area contributed by atoms with Gasteiger partial charge in [0.25, 0.3) is 5.91 Å². The van der Waals surface area contributed by atoms with E-state index in [-0.39, 0.29) is 31.1 Å². The van der Waals surface area contributed by atoms with E-state index in [1.54, 1.807) is 35.4 Å². The van der Waals surface area contributed by atoms with Crippen molar-refractivity contribution in [3.05, 3.63) is 54.4 Å². The van der Waals surface area contributed by atoms with Crippen LogP contribution in [0.15, 0.2) is 43.1 Å². The summed E-state index contributed by atoms with van der Waals surface area (Å²) in [6.45, 7) is 6.05. The number of benzene rings is 1. The number of alkyl halides is 1. The molecule has 2 unspecified atom stereocenters. The van der Waals surface area contributed by atoms with Gasteiger partial charge in [0.15, 0.2) is 16.9 Å². The number of hydrogen-bond acceptors (Lipinski definition) is 6. The average Bonchev–Trinajstić information content (AvgIpc) is 3.00. The van der Waals surface area contributed by atoms with Crippen molar-refractivity contribution >= 4 is 38.0 Å². The molecule has 4 heterocycles. The van der Waals surface area contributed by atoms with Crippen molar-refractivity contribution < 1.29 is 23.5 Å². The quantitative estimate of drug-likeness (QED) is 0.408. The number of carbonyl (C=O) groups excluding carboxylic acids is 2. The monoisotopic (exact) mass is 525 g/mol. The van der Waals surface area contributed by atoms with Crippen molar-refractivity contribution in [2.75, 3.05) is 31.6 Å². The number of amides is 2. The molecule has 1 N–H and O–H groups in total. The smallest absolute Gasteiger partial charge is 0.258 e. The number of anilines is 1. The molecule has 0 aliphatic carbocycles. The minimum atomic E-state index is -1.75. The maximum absolute atomic E-state index is 14.8. The van der Waals surface area contributed by atoms with Crippen molar-refractivity contribution in [2.24, 2.45) is 0 Å².